The number of carbonyl (C=O) groups excluding carboxylic acids is 2. The van der Waals surface area contributed by atoms with Gasteiger partial charge in [-0.15, -0.1) is 0 Å². The molecule has 202 valence electrons. The summed E-state index contributed by atoms with van der Waals surface area (Å²) >= 11 is 0. The predicted molar refractivity (Wildman–Crippen MR) is 145 cm³/mol. The lowest BCUT2D eigenvalue weighted by molar-refractivity contribution is -0.0166. The second-order valence-corrected chi connectivity index (χ2v) is 11.9. The zero-order chi connectivity index (χ0) is 27.7. The van der Waals surface area contributed by atoms with Crippen LogP contribution in [-0.2, 0) is 9.47 Å². The van der Waals surface area contributed by atoms with Crippen LogP contribution in [0.3, 0.4) is 0 Å². The number of hydrogen-bond acceptors (Lipinski definition) is 6. The molecule has 2 amide bonds. The zero-order valence-electron chi connectivity index (χ0n) is 22.9. The molecule has 38 heavy (non-hydrogen) atoms. The molecule has 0 radical (unpaired) electrons. The van der Waals surface area contributed by atoms with Gasteiger partial charge in [0.05, 0.1) is 6.04 Å². The van der Waals surface area contributed by atoms with Crippen molar-refractivity contribution in [3.8, 4) is 0 Å². The second kappa shape index (κ2) is 10.2. The molecular formula is C30H37N3O5. The van der Waals surface area contributed by atoms with E-state index in [-0.39, 0.29) is 11.3 Å². The summed E-state index contributed by atoms with van der Waals surface area (Å²) in [4.78, 5) is 26.5. The summed E-state index contributed by atoms with van der Waals surface area (Å²) in [6, 6.07) is 16.6. The number of amides is 2. The average molecular weight is 520 g/mol. The van der Waals surface area contributed by atoms with Crippen LogP contribution in [0, 0.1) is 5.41 Å². The Kier molecular flexibility index (Phi) is 7.28. The van der Waals surface area contributed by atoms with Crippen LogP contribution in [0.5, 0.6) is 0 Å². The largest absolute Gasteiger partial charge is 0.443 e. The normalized spacial score (nSPS) is 20.2. The van der Waals surface area contributed by atoms with Crippen molar-refractivity contribution in [2.45, 2.75) is 77.5 Å². The molecule has 2 aromatic carbocycles. The maximum absolute atomic E-state index is 13.6. The van der Waals surface area contributed by atoms with Gasteiger partial charge in [-0.25, -0.2) is 20.0 Å². The first-order chi connectivity index (χ1) is 17.8. The van der Waals surface area contributed by atoms with E-state index in [1.165, 1.54) is 5.01 Å². The molecule has 0 bridgehead atoms. The van der Waals surface area contributed by atoms with Crippen molar-refractivity contribution < 1.29 is 24.3 Å². The molecule has 2 N–H and O–H groups in total. The summed E-state index contributed by atoms with van der Waals surface area (Å²) in [5, 5.41) is 15.0. The molecule has 2 aromatic rings. The van der Waals surface area contributed by atoms with Crippen LogP contribution in [-0.4, -0.2) is 45.4 Å². The van der Waals surface area contributed by atoms with Crippen LogP contribution >= 0.6 is 0 Å². The molecule has 0 heterocycles. The van der Waals surface area contributed by atoms with Gasteiger partial charge < -0.3 is 14.7 Å². The maximum atomic E-state index is 13.6. The molecule has 0 aliphatic heterocycles. The van der Waals surface area contributed by atoms with E-state index in [2.05, 4.69) is 22.7 Å². The average Bonchev–Trinajstić information content (AvgIpc) is 3.51. The minimum absolute atomic E-state index is 0.309. The lowest BCUT2D eigenvalue weighted by Crippen LogP contribution is -2.57. The molecule has 8 nitrogen and oxygen atoms in total. The van der Waals surface area contributed by atoms with Gasteiger partial charge in [0.2, 0.25) is 0 Å². The highest BCUT2D eigenvalue weighted by atomic mass is 16.6. The van der Waals surface area contributed by atoms with Crippen LogP contribution in [0.1, 0.15) is 77.0 Å². The molecule has 4 rings (SSSR count). The Balaban J connectivity index is 1.77. The monoisotopic (exact) mass is 519 g/mol. The highest BCUT2D eigenvalue weighted by Crippen LogP contribution is 2.60. The standard InChI is InChI=1S/C30H37N3O5/c1-28(2,3)37-26(34)31-33(27(35)38-29(4,5)6)25-23(16-17-30(25)18-19-30)21-14-10-11-15-22(21)24(32-36)20-12-8-7-9-13-20/h7-17,23,25,36H,18-19H2,1-6H3,(H,31,34)/b32-24+/t23-,25-/m1/s1. The van der Waals surface area contributed by atoms with Gasteiger partial charge in [0.25, 0.3) is 0 Å². The van der Waals surface area contributed by atoms with Gasteiger partial charge >= 0.3 is 12.2 Å². The molecule has 1 fully saturated rings. The fourth-order valence-electron chi connectivity index (χ4n) is 4.96. The summed E-state index contributed by atoms with van der Waals surface area (Å²) in [5.41, 5.74) is 3.67. The fraction of sp³-hybridized carbons (Fsp3) is 0.433. The summed E-state index contributed by atoms with van der Waals surface area (Å²) in [6.07, 6.45) is 4.53. The molecular weight excluding hydrogens is 482 g/mol. The minimum atomic E-state index is -0.773. The Morgan fingerprint density at radius 3 is 2.13 bits per heavy atom. The second-order valence-electron chi connectivity index (χ2n) is 11.9. The van der Waals surface area contributed by atoms with Crippen LogP contribution in [0.25, 0.3) is 0 Å². The Morgan fingerprint density at radius 1 is 0.947 bits per heavy atom. The van der Waals surface area contributed by atoms with Gasteiger partial charge in [-0.1, -0.05) is 71.9 Å². The number of nitrogens with zero attached hydrogens (tertiary/aromatic N) is 2. The van der Waals surface area contributed by atoms with Crippen molar-refractivity contribution in [2.24, 2.45) is 10.6 Å². The molecule has 0 saturated heterocycles. The van der Waals surface area contributed by atoms with Crippen molar-refractivity contribution in [1.82, 2.24) is 10.4 Å². The lowest BCUT2D eigenvalue weighted by Gasteiger charge is -2.38. The van der Waals surface area contributed by atoms with Gasteiger partial charge in [0.1, 0.15) is 16.9 Å². The molecule has 2 atom stereocenters. The number of hydrogen-bond donors (Lipinski definition) is 2. The first kappa shape index (κ1) is 27.2. The number of nitrogens with one attached hydrogen (secondary N) is 1. The van der Waals surface area contributed by atoms with E-state index in [0.717, 1.165) is 29.5 Å². The Hall–Kier alpha value is -3.81. The van der Waals surface area contributed by atoms with Crippen LogP contribution in [0.15, 0.2) is 71.9 Å². The van der Waals surface area contributed by atoms with Crippen molar-refractivity contribution in [3.63, 3.8) is 0 Å². The summed E-state index contributed by atoms with van der Waals surface area (Å²) < 4.78 is 11.2. The number of hydrazine groups is 1. The molecule has 1 saturated carbocycles. The smallest absolute Gasteiger partial charge is 0.429 e. The lowest BCUT2D eigenvalue weighted by atomic mass is 9.83. The molecule has 2 aliphatic carbocycles. The maximum Gasteiger partial charge on any atom is 0.429 e. The van der Waals surface area contributed by atoms with Crippen LogP contribution in [0.4, 0.5) is 9.59 Å². The third-order valence-corrected chi connectivity index (χ3v) is 6.59. The zero-order valence-corrected chi connectivity index (χ0v) is 22.9. The molecule has 0 unspecified atom stereocenters. The number of rotatable bonds is 4. The fourth-order valence-corrected chi connectivity index (χ4v) is 4.96. The molecule has 0 aromatic heterocycles. The van der Waals surface area contributed by atoms with Crippen molar-refractivity contribution >= 4 is 17.9 Å². The van der Waals surface area contributed by atoms with E-state index in [9.17, 15) is 14.8 Å². The summed E-state index contributed by atoms with van der Waals surface area (Å²) in [7, 11) is 0. The molecule has 2 aliphatic rings. The first-order valence-electron chi connectivity index (χ1n) is 12.9. The van der Waals surface area contributed by atoms with E-state index in [4.69, 9.17) is 9.47 Å². The predicted octanol–water partition coefficient (Wildman–Crippen LogP) is 6.39. The number of carbonyl (C=O) groups is 2. The SMILES string of the molecule is CC(C)(C)OC(=O)NN(C(=O)OC(C)(C)C)[C@@H]1[C@@H](c2ccccc2/C(=N/O)c2ccccc2)C=CC12CC2. The van der Waals surface area contributed by atoms with Crippen molar-refractivity contribution in [1.29, 1.82) is 0 Å². The number of ether oxygens (including phenoxy) is 2. The van der Waals surface area contributed by atoms with Gasteiger partial charge in [-0.05, 0) is 59.9 Å². The van der Waals surface area contributed by atoms with E-state index < -0.39 is 29.4 Å². The van der Waals surface area contributed by atoms with Gasteiger partial charge in [0.15, 0.2) is 0 Å². The third kappa shape index (κ3) is 6.01. The molecule has 8 heteroatoms. The minimum Gasteiger partial charge on any atom is -0.443 e. The summed E-state index contributed by atoms with van der Waals surface area (Å²) in [6.45, 7) is 10.7. The Bertz CT molecular complexity index is 1240. The summed E-state index contributed by atoms with van der Waals surface area (Å²) in [5.74, 6) is -0.309. The topological polar surface area (TPSA) is 100 Å². The van der Waals surface area contributed by atoms with E-state index >= 15 is 0 Å². The van der Waals surface area contributed by atoms with E-state index in [1.807, 2.05) is 54.6 Å². The Labute approximate surface area is 224 Å². The number of oxime groups is 1. The van der Waals surface area contributed by atoms with Gasteiger partial charge in [-0.2, -0.15) is 0 Å². The molecule has 1 spiro atoms. The van der Waals surface area contributed by atoms with Gasteiger partial charge in [-0.3, -0.25) is 0 Å². The van der Waals surface area contributed by atoms with Crippen molar-refractivity contribution in [2.75, 3.05) is 0 Å². The van der Waals surface area contributed by atoms with Gasteiger partial charge in [0, 0.05) is 22.5 Å². The highest BCUT2D eigenvalue weighted by molar-refractivity contribution is 6.13. The van der Waals surface area contributed by atoms with E-state index in [1.54, 1.807) is 41.5 Å². The van der Waals surface area contributed by atoms with E-state index in [0.29, 0.717) is 5.71 Å². The van der Waals surface area contributed by atoms with Crippen LogP contribution < -0.4 is 5.43 Å². The third-order valence-electron chi connectivity index (χ3n) is 6.59. The highest BCUT2D eigenvalue weighted by Gasteiger charge is 2.58. The number of benzene rings is 2. The first-order valence-corrected chi connectivity index (χ1v) is 12.9. The van der Waals surface area contributed by atoms with Crippen LogP contribution in [0.2, 0.25) is 0 Å². The Morgan fingerprint density at radius 2 is 1.55 bits per heavy atom. The quantitative estimate of drug-likeness (QED) is 0.211. The van der Waals surface area contributed by atoms with Crippen molar-refractivity contribution in [3.05, 3.63) is 83.4 Å².